The minimum absolute atomic E-state index is 0.0311. The van der Waals surface area contributed by atoms with Crippen LogP contribution < -0.4 is 10.6 Å². The van der Waals surface area contributed by atoms with E-state index in [9.17, 15) is 14.9 Å². The Balaban J connectivity index is 2.49. The summed E-state index contributed by atoms with van der Waals surface area (Å²) in [6, 6.07) is 5.91. The van der Waals surface area contributed by atoms with Gasteiger partial charge in [0.05, 0.1) is 11.5 Å². The van der Waals surface area contributed by atoms with Gasteiger partial charge in [-0.3, -0.25) is 14.9 Å². The number of nitrogens with zero attached hydrogens (tertiary/aromatic N) is 1. The van der Waals surface area contributed by atoms with Gasteiger partial charge in [0.1, 0.15) is 0 Å². The van der Waals surface area contributed by atoms with Crippen molar-refractivity contribution in [2.24, 2.45) is 0 Å². The predicted octanol–water partition coefficient (Wildman–Crippen LogP) is 1.14. The summed E-state index contributed by atoms with van der Waals surface area (Å²) in [5.41, 5.74) is 0.709. The molecule has 0 fully saturated rings. The highest BCUT2D eigenvalue weighted by Gasteiger charge is 2.04. The van der Waals surface area contributed by atoms with E-state index in [1.807, 2.05) is 6.92 Å². The molecule has 1 rings (SSSR count). The molecule has 0 aliphatic rings. The summed E-state index contributed by atoms with van der Waals surface area (Å²) in [5, 5.41) is 15.9. The lowest BCUT2D eigenvalue weighted by molar-refractivity contribution is -0.384. The third-order valence-electron chi connectivity index (χ3n) is 1.91. The molecule has 2 N–H and O–H groups in total. The van der Waals surface area contributed by atoms with Crippen molar-refractivity contribution >= 4 is 17.3 Å². The molecule has 1 aromatic carbocycles. The Labute approximate surface area is 92.8 Å². The van der Waals surface area contributed by atoms with E-state index in [0.717, 1.165) is 0 Å². The quantitative estimate of drug-likeness (QED) is 0.579. The maximum Gasteiger partial charge on any atom is 0.269 e. The molecule has 0 atom stereocenters. The van der Waals surface area contributed by atoms with Crippen LogP contribution in [0.1, 0.15) is 6.92 Å². The van der Waals surface area contributed by atoms with Crippen molar-refractivity contribution in [3.63, 3.8) is 0 Å². The highest BCUT2D eigenvalue weighted by molar-refractivity contribution is 5.80. The first kappa shape index (κ1) is 12.0. The lowest BCUT2D eigenvalue weighted by atomic mass is 10.3. The monoisotopic (exact) mass is 223 g/mol. The van der Waals surface area contributed by atoms with Gasteiger partial charge in [-0.2, -0.15) is 0 Å². The van der Waals surface area contributed by atoms with E-state index < -0.39 is 4.92 Å². The smallest absolute Gasteiger partial charge is 0.269 e. The molecular formula is C10H13N3O3. The number of non-ortho nitro benzene ring substituents is 1. The van der Waals surface area contributed by atoms with Gasteiger partial charge >= 0.3 is 0 Å². The molecule has 0 bridgehead atoms. The van der Waals surface area contributed by atoms with E-state index in [4.69, 9.17) is 0 Å². The lowest BCUT2D eigenvalue weighted by Crippen LogP contribution is -2.29. The SMILES string of the molecule is CCNC(=O)CNc1ccc([N+](=O)[O-])cc1. The van der Waals surface area contributed by atoms with Gasteiger partial charge < -0.3 is 10.6 Å². The number of nitrogens with one attached hydrogen (secondary N) is 2. The Morgan fingerprint density at radius 1 is 1.38 bits per heavy atom. The first-order valence-electron chi connectivity index (χ1n) is 4.88. The Bertz CT molecular complexity index is 375. The number of benzene rings is 1. The summed E-state index contributed by atoms with van der Waals surface area (Å²) < 4.78 is 0. The molecular weight excluding hydrogens is 210 g/mol. The van der Waals surface area contributed by atoms with Gasteiger partial charge in [0, 0.05) is 24.4 Å². The fourth-order valence-electron chi connectivity index (χ4n) is 1.14. The van der Waals surface area contributed by atoms with Gasteiger partial charge in [-0.15, -0.1) is 0 Å². The Hall–Kier alpha value is -2.11. The second-order valence-corrected chi connectivity index (χ2v) is 3.11. The van der Waals surface area contributed by atoms with Crippen molar-refractivity contribution in [2.45, 2.75) is 6.92 Å². The average molecular weight is 223 g/mol. The van der Waals surface area contributed by atoms with Crippen molar-refractivity contribution in [1.82, 2.24) is 5.32 Å². The van der Waals surface area contributed by atoms with Crippen LogP contribution in [0.25, 0.3) is 0 Å². The molecule has 0 spiro atoms. The van der Waals surface area contributed by atoms with Gasteiger partial charge in [0.2, 0.25) is 5.91 Å². The third kappa shape index (κ3) is 3.56. The van der Waals surface area contributed by atoms with Gasteiger partial charge in [0.25, 0.3) is 5.69 Å². The second-order valence-electron chi connectivity index (χ2n) is 3.11. The number of hydrogen-bond acceptors (Lipinski definition) is 4. The molecule has 0 saturated heterocycles. The van der Waals surface area contributed by atoms with Crippen molar-refractivity contribution < 1.29 is 9.72 Å². The lowest BCUT2D eigenvalue weighted by Gasteiger charge is -2.05. The van der Waals surface area contributed by atoms with E-state index >= 15 is 0 Å². The van der Waals surface area contributed by atoms with Crippen LogP contribution in [0.3, 0.4) is 0 Å². The molecule has 1 aromatic rings. The molecule has 0 aliphatic heterocycles. The van der Waals surface area contributed by atoms with Crippen molar-refractivity contribution in [2.75, 3.05) is 18.4 Å². The van der Waals surface area contributed by atoms with E-state index in [2.05, 4.69) is 10.6 Å². The van der Waals surface area contributed by atoms with Crippen LogP contribution in [0.4, 0.5) is 11.4 Å². The summed E-state index contributed by atoms with van der Waals surface area (Å²) in [5.74, 6) is -0.110. The molecule has 0 saturated carbocycles. The number of nitro benzene ring substituents is 1. The van der Waals surface area contributed by atoms with Crippen molar-refractivity contribution in [1.29, 1.82) is 0 Å². The van der Waals surface area contributed by atoms with Crippen LogP contribution in [0, 0.1) is 10.1 Å². The predicted molar refractivity (Wildman–Crippen MR) is 60.3 cm³/mol. The molecule has 86 valence electrons. The van der Waals surface area contributed by atoms with Crippen LogP contribution in [0.5, 0.6) is 0 Å². The number of nitro groups is 1. The van der Waals surface area contributed by atoms with Crippen LogP contribution in [-0.2, 0) is 4.79 Å². The maximum atomic E-state index is 11.1. The number of rotatable bonds is 5. The van der Waals surface area contributed by atoms with Crippen LogP contribution in [-0.4, -0.2) is 23.9 Å². The highest BCUT2D eigenvalue weighted by Crippen LogP contribution is 2.14. The molecule has 0 heterocycles. The maximum absolute atomic E-state index is 11.1. The topological polar surface area (TPSA) is 84.3 Å². The van der Waals surface area contributed by atoms with E-state index in [1.165, 1.54) is 12.1 Å². The minimum Gasteiger partial charge on any atom is -0.376 e. The standard InChI is InChI=1S/C10H13N3O3/c1-2-11-10(14)7-12-8-3-5-9(6-4-8)13(15)16/h3-6,12H,2,7H2,1H3,(H,11,14). The van der Waals surface area contributed by atoms with Gasteiger partial charge in [-0.1, -0.05) is 0 Å². The Morgan fingerprint density at radius 2 is 2.00 bits per heavy atom. The van der Waals surface area contributed by atoms with Crippen molar-refractivity contribution in [3.8, 4) is 0 Å². The Morgan fingerprint density at radius 3 is 2.50 bits per heavy atom. The zero-order chi connectivity index (χ0) is 12.0. The van der Waals surface area contributed by atoms with E-state index in [-0.39, 0.29) is 18.1 Å². The normalized spacial score (nSPS) is 9.56. The summed E-state index contributed by atoms with van der Waals surface area (Å²) in [7, 11) is 0. The van der Waals surface area contributed by atoms with E-state index in [0.29, 0.717) is 12.2 Å². The molecule has 6 nitrogen and oxygen atoms in total. The van der Waals surface area contributed by atoms with Gasteiger partial charge in [0.15, 0.2) is 0 Å². The summed E-state index contributed by atoms with van der Waals surface area (Å²) in [6.45, 7) is 2.58. The van der Waals surface area contributed by atoms with E-state index in [1.54, 1.807) is 12.1 Å². The zero-order valence-corrected chi connectivity index (χ0v) is 8.90. The molecule has 16 heavy (non-hydrogen) atoms. The number of hydrogen-bond donors (Lipinski definition) is 2. The van der Waals surface area contributed by atoms with Crippen LogP contribution in [0.2, 0.25) is 0 Å². The van der Waals surface area contributed by atoms with Crippen LogP contribution in [0.15, 0.2) is 24.3 Å². The number of carbonyl (C=O) groups excluding carboxylic acids is 1. The summed E-state index contributed by atoms with van der Waals surface area (Å²) >= 11 is 0. The molecule has 1 amide bonds. The second kappa shape index (κ2) is 5.69. The van der Waals surface area contributed by atoms with Gasteiger partial charge in [-0.25, -0.2) is 0 Å². The number of carbonyl (C=O) groups is 1. The van der Waals surface area contributed by atoms with Gasteiger partial charge in [-0.05, 0) is 19.1 Å². The van der Waals surface area contributed by atoms with Crippen molar-refractivity contribution in [3.05, 3.63) is 34.4 Å². The Kier molecular flexibility index (Phi) is 4.26. The molecule has 0 aliphatic carbocycles. The summed E-state index contributed by atoms with van der Waals surface area (Å²) in [6.07, 6.45) is 0. The summed E-state index contributed by atoms with van der Waals surface area (Å²) in [4.78, 5) is 21.0. The highest BCUT2D eigenvalue weighted by atomic mass is 16.6. The molecule has 0 aromatic heterocycles. The number of amides is 1. The number of likely N-dealkylation sites (N-methyl/N-ethyl adjacent to an activating group) is 1. The largest absolute Gasteiger partial charge is 0.376 e. The molecule has 0 unspecified atom stereocenters. The first-order chi connectivity index (χ1) is 7.63. The average Bonchev–Trinajstić information content (AvgIpc) is 2.27. The third-order valence-corrected chi connectivity index (χ3v) is 1.91. The zero-order valence-electron chi connectivity index (χ0n) is 8.90. The molecule has 6 heteroatoms. The van der Waals surface area contributed by atoms with Crippen LogP contribution >= 0.6 is 0 Å². The minimum atomic E-state index is -0.465. The first-order valence-corrected chi connectivity index (χ1v) is 4.88. The fourth-order valence-corrected chi connectivity index (χ4v) is 1.14. The molecule has 0 radical (unpaired) electrons. The number of anilines is 1. The fraction of sp³-hybridized carbons (Fsp3) is 0.300.